The van der Waals surface area contributed by atoms with Gasteiger partial charge in [-0.15, -0.1) is 0 Å². The van der Waals surface area contributed by atoms with Crippen molar-refractivity contribution in [2.75, 3.05) is 28.4 Å². The van der Waals surface area contributed by atoms with Gasteiger partial charge < -0.3 is 27.8 Å². The molecule has 0 bridgehead atoms. The van der Waals surface area contributed by atoms with Crippen LogP contribution in [0, 0.1) is 0 Å². The second kappa shape index (κ2) is 6.84. The molecule has 0 atom stereocenters. The molecule has 0 spiro atoms. The molecule has 0 N–H and O–H groups in total. The Morgan fingerprint density at radius 1 is 0.821 bits per heavy atom. The van der Waals surface area contributed by atoms with Gasteiger partial charge in [0, 0.05) is 12.1 Å². The van der Waals surface area contributed by atoms with Crippen molar-refractivity contribution in [3.8, 4) is 34.3 Å². The molecule has 0 aliphatic rings. The van der Waals surface area contributed by atoms with E-state index in [4.69, 9.17) is 27.8 Å². The molecule has 4 aromatic rings. The number of ether oxygens (including phenoxy) is 4. The van der Waals surface area contributed by atoms with Crippen LogP contribution < -0.4 is 24.4 Å². The Morgan fingerprint density at radius 2 is 1.61 bits per heavy atom. The van der Waals surface area contributed by atoms with Crippen LogP contribution in [0.4, 0.5) is 0 Å². The van der Waals surface area contributed by atoms with Crippen molar-refractivity contribution < 1.29 is 27.8 Å². The van der Waals surface area contributed by atoms with Crippen molar-refractivity contribution in [1.29, 1.82) is 0 Å². The van der Waals surface area contributed by atoms with E-state index in [0.717, 1.165) is 0 Å². The molecule has 2 aromatic carbocycles. The smallest absolute Gasteiger partial charge is 0.206 e. The normalized spacial score (nSPS) is 11.0. The largest absolute Gasteiger partial charge is 0.497 e. The number of hydrogen-bond donors (Lipinski definition) is 0. The third kappa shape index (κ3) is 2.55. The number of methoxy groups -OCH3 is 4. The lowest BCUT2D eigenvalue weighted by molar-refractivity contribution is 0.393. The Balaban J connectivity index is 2.09. The van der Waals surface area contributed by atoms with Gasteiger partial charge in [-0.1, -0.05) is 0 Å². The van der Waals surface area contributed by atoms with Gasteiger partial charge in [-0.3, -0.25) is 4.79 Å². The average Bonchev–Trinajstić information content (AvgIpc) is 3.20. The summed E-state index contributed by atoms with van der Waals surface area (Å²) in [5, 5.41) is 0.915. The van der Waals surface area contributed by atoms with Crippen LogP contribution in [0.2, 0.25) is 0 Å². The first-order valence-electron chi connectivity index (χ1n) is 8.44. The van der Waals surface area contributed by atoms with Gasteiger partial charge >= 0.3 is 0 Å². The number of benzene rings is 2. The van der Waals surface area contributed by atoms with Crippen LogP contribution in [0.15, 0.2) is 50.2 Å². The van der Waals surface area contributed by atoms with Gasteiger partial charge in [-0.05, 0) is 18.2 Å². The Bertz CT molecular complexity index is 1230. The van der Waals surface area contributed by atoms with Gasteiger partial charge in [0.15, 0.2) is 16.6 Å². The zero-order chi connectivity index (χ0) is 19.8. The fourth-order valence-corrected chi connectivity index (χ4v) is 3.30. The van der Waals surface area contributed by atoms with Gasteiger partial charge in [0.25, 0.3) is 0 Å². The number of furan rings is 1. The summed E-state index contributed by atoms with van der Waals surface area (Å²) in [6.07, 6.45) is 1.51. The van der Waals surface area contributed by atoms with Crippen LogP contribution in [-0.2, 0) is 0 Å². The van der Waals surface area contributed by atoms with Crippen LogP contribution in [-0.4, -0.2) is 28.4 Å². The highest BCUT2D eigenvalue weighted by molar-refractivity contribution is 6.07. The van der Waals surface area contributed by atoms with E-state index in [-0.39, 0.29) is 16.4 Å². The highest BCUT2D eigenvalue weighted by atomic mass is 16.5. The summed E-state index contributed by atoms with van der Waals surface area (Å²) < 4.78 is 33.3. The van der Waals surface area contributed by atoms with Gasteiger partial charge in [-0.25, -0.2) is 0 Å². The fourth-order valence-electron chi connectivity index (χ4n) is 3.30. The lowest BCUT2D eigenvalue weighted by Gasteiger charge is -2.13. The summed E-state index contributed by atoms with van der Waals surface area (Å²) in [7, 11) is 6.08. The minimum absolute atomic E-state index is 0.238. The van der Waals surface area contributed by atoms with Crippen molar-refractivity contribution in [3.05, 3.63) is 46.8 Å². The fraction of sp³-hybridized carbons (Fsp3) is 0.190. The Morgan fingerprint density at radius 3 is 2.29 bits per heavy atom. The molecular formula is C21H18O7. The van der Waals surface area contributed by atoms with E-state index in [1.807, 2.05) is 0 Å². The molecule has 0 fully saturated rings. The van der Waals surface area contributed by atoms with Crippen molar-refractivity contribution in [2.24, 2.45) is 0 Å². The molecular weight excluding hydrogens is 364 g/mol. The first-order valence-corrected chi connectivity index (χ1v) is 8.44. The minimum atomic E-state index is -0.271. The second-order valence-corrected chi connectivity index (χ2v) is 5.98. The van der Waals surface area contributed by atoms with E-state index in [1.54, 1.807) is 31.4 Å². The summed E-state index contributed by atoms with van der Waals surface area (Å²) in [5.74, 6) is 2.15. The topological polar surface area (TPSA) is 80.3 Å². The molecule has 144 valence electrons. The van der Waals surface area contributed by atoms with E-state index in [0.29, 0.717) is 45.3 Å². The van der Waals surface area contributed by atoms with Gasteiger partial charge in [0.05, 0.1) is 45.7 Å². The summed E-state index contributed by atoms with van der Waals surface area (Å²) in [6.45, 7) is 0. The van der Waals surface area contributed by atoms with E-state index in [9.17, 15) is 4.79 Å². The molecule has 2 aromatic heterocycles. The van der Waals surface area contributed by atoms with Crippen LogP contribution in [0.3, 0.4) is 0 Å². The monoisotopic (exact) mass is 382 g/mol. The molecule has 7 nitrogen and oxygen atoms in total. The van der Waals surface area contributed by atoms with E-state index < -0.39 is 0 Å². The SMILES string of the molecule is COc1ccc(-c2cc(=O)c3c(OC)c4ccoc4c(OC)c3o2)c(OC)c1. The molecule has 2 heterocycles. The molecule has 0 radical (unpaired) electrons. The van der Waals surface area contributed by atoms with Gasteiger partial charge in [0.2, 0.25) is 5.75 Å². The van der Waals surface area contributed by atoms with E-state index >= 15 is 0 Å². The second-order valence-electron chi connectivity index (χ2n) is 5.98. The molecule has 0 aliphatic heterocycles. The predicted octanol–water partition coefficient (Wildman–Crippen LogP) is 4.24. The standard InChI is InChI=1S/C21H18O7/c1-23-11-5-6-12(15(9-11)24-2)16-10-14(22)17-18(25-3)13-7-8-27-19(13)21(26-4)20(17)28-16/h5-10H,1-4H3. The summed E-state index contributed by atoms with van der Waals surface area (Å²) in [6, 6.07) is 8.36. The molecule has 0 saturated carbocycles. The summed E-state index contributed by atoms with van der Waals surface area (Å²) in [4.78, 5) is 13.0. The Hall–Kier alpha value is -3.61. The molecule has 4 rings (SSSR count). The third-order valence-electron chi connectivity index (χ3n) is 4.58. The van der Waals surface area contributed by atoms with Crippen molar-refractivity contribution in [2.45, 2.75) is 0 Å². The predicted molar refractivity (Wildman–Crippen MR) is 104 cm³/mol. The Labute approximate surface area is 160 Å². The van der Waals surface area contributed by atoms with Gasteiger partial charge in [0.1, 0.15) is 28.4 Å². The van der Waals surface area contributed by atoms with Crippen molar-refractivity contribution >= 4 is 21.9 Å². The quantitative estimate of drug-likeness (QED) is 0.511. The minimum Gasteiger partial charge on any atom is -0.497 e. The van der Waals surface area contributed by atoms with Crippen LogP contribution >= 0.6 is 0 Å². The molecule has 7 heteroatoms. The van der Waals surface area contributed by atoms with Crippen molar-refractivity contribution in [1.82, 2.24) is 0 Å². The molecule has 0 saturated heterocycles. The van der Waals surface area contributed by atoms with Crippen LogP contribution in [0.5, 0.6) is 23.0 Å². The molecule has 0 unspecified atom stereocenters. The van der Waals surface area contributed by atoms with Gasteiger partial charge in [-0.2, -0.15) is 0 Å². The maximum absolute atomic E-state index is 13.0. The molecule has 28 heavy (non-hydrogen) atoms. The number of fused-ring (bicyclic) bond motifs is 2. The molecule has 0 amide bonds. The first-order chi connectivity index (χ1) is 13.6. The summed E-state index contributed by atoms with van der Waals surface area (Å²) >= 11 is 0. The lowest BCUT2D eigenvalue weighted by atomic mass is 10.1. The maximum Gasteiger partial charge on any atom is 0.206 e. The Kier molecular flexibility index (Phi) is 4.35. The zero-order valence-corrected chi connectivity index (χ0v) is 15.8. The van der Waals surface area contributed by atoms with E-state index in [1.165, 1.54) is 33.7 Å². The maximum atomic E-state index is 13.0. The highest BCUT2D eigenvalue weighted by Crippen LogP contribution is 2.43. The average molecular weight is 382 g/mol. The molecule has 0 aliphatic carbocycles. The van der Waals surface area contributed by atoms with Crippen LogP contribution in [0.1, 0.15) is 0 Å². The summed E-state index contributed by atoms with van der Waals surface area (Å²) in [5.41, 5.74) is 1.01. The number of hydrogen-bond acceptors (Lipinski definition) is 7. The number of rotatable bonds is 5. The highest BCUT2D eigenvalue weighted by Gasteiger charge is 2.23. The third-order valence-corrected chi connectivity index (χ3v) is 4.58. The lowest BCUT2D eigenvalue weighted by Crippen LogP contribution is -2.05. The first kappa shape index (κ1) is 17.8. The van der Waals surface area contributed by atoms with Crippen LogP contribution in [0.25, 0.3) is 33.3 Å². The van der Waals surface area contributed by atoms with Crippen molar-refractivity contribution in [3.63, 3.8) is 0 Å². The zero-order valence-electron chi connectivity index (χ0n) is 15.8. The van der Waals surface area contributed by atoms with E-state index in [2.05, 4.69) is 0 Å².